The monoisotopic (exact) mass is 309 g/mol. The second-order valence-corrected chi connectivity index (χ2v) is 4.42. The normalized spacial score (nSPS) is 12.9. The summed E-state index contributed by atoms with van der Waals surface area (Å²) in [6.07, 6.45) is -4.28. The molecular weight excluding hydrogens is 295 g/mol. The molecule has 1 aromatic rings. The van der Waals surface area contributed by atoms with Crippen LogP contribution >= 0.6 is 11.6 Å². The Morgan fingerprint density at radius 1 is 1.40 bits per heavy atom. The number of hydrogen-bond donors (Lipinski definition) is 1. The number of alkyl halides is 3. The first-order valence-corrected chi connectivity index (χ1v) is 6.47. The molecule has 7 heteroatoms. The van der Waals surface area contributed by atoms with Crippen molar-refractivity contribution >= 4 is 23.3 Å². The summed E-state index contributed by atoms with van der Waals surface area (Å²) in [5, 5.41) is 2.44. The van der Waals surface area contributed by atoms with Gasteiger partial charge in [-0.1, -0.05) is 24.6 Å². The molecule has 1 rings (SSSR count). The zero-order valence-corrected chi connectivity index (χ0v) is 11.8. The van der Waals surface area contributed by atoms with Gasteiger partial charge >= 0.3 is 12.1 Å². The molecule has 0 aliphatic carbocycles. The van der Waals surface area contributed by atoms with Gasteiger partial charge in [-0.05, 0) is 25.5 Å². The first kappa shape index (κ1) is 16.6. The number of rotatable bonds is 5. The Balaban J connectivity index is 3.10. The van der Waals surface area contributed by atoms with Crippen LogP contribution in [0.4, 0.5) is 18.9 Å². The van der Waals surface area contributed by atoms with E-state index in [1.54, 1.807) is 13.8 Å². The summed E-state index contributed by atoms with van der Waals surface area (Å²) in [6, 6.07) is 2.57. The molecule has 1 aromatic carbocycles. The molecule has 0 aliphatic heterocycles. The van der Waals surface area contributed by atoms with E-state index < -0.39 is 23.8 Å². The summed E-state index contributed by atoms with van der Waals surface area (Å²) in [6.45, 7) is 3.45. The van der Waals surface area contributed by atoms with Gasteiger partial charge < -0.3 is 10.1 Å². The number of carbonyl (C=O) groups excluding carboxylic acids is 1. The van der Waals surface area contributed by atoms with Gasteiger partial charge in [0, 0.05) is 0 Å². The number of anilines is 1. The minimum Gasteiger partial charge on any atom is -0.464 e. The highest BCUT2D eigenvalue weighted by Gasteiger charge is 2.35. The lowest BCUT2D eigenvalue weighted by atomic mass is 10.1. The third kappa shape index (κ3) is 4.03. The summed E-state index contributed by atoms with van der Waals surface area (Å²) in [5.41, 5.74) is -1.21. The van der Waals surface area contributed by atoms with Crippen molar-refractivity contribution < 1.29 is 22.7 Å². The van der Waals surface area contributed by atoms with E-state index in [0.29, 0.717) is 0 Å². The van der Waals surface area contributed by atoms with Crippen LogP contribution in [0.1, 0.15) is 25.8 Å². The maximum atomic E-state index is 12.9. The zero-order chi connectivity index (χ0) is 15.3. The Labute approximate surface area is 120 Å². The second kappa shape index (κ2) is 6.83. The fraction of sp³-hybridized carbons (Fsp3) is 0.462. The molecule has 20 heavy (non-hydrogen) atoms. The molecule has 0 spiro atoms. The quantitative estimate of drug-likeness (QED) is 0.832. The molecule has 3 nitrogen and oxygen atoms in total. The Morgan fingerprint density at radius 2 is 2.05 bits per heavy atom. The van der Waals surface area contributed by atoms with Crippen LogP contribution in [0, 0.1) is 0 Å². The fourth-order valence-electron chi connectivity index (χ4n) is 1.65. The molecule has 0 saturated carbocycles. The van der Waals surface area contributed by atoms with Crippen molar-refractivity contribution in [3.8, 4) is 0 Å². The van der Waals surface area contributed by atoms with E-state index in [1.165, 1.54) is 12.1 Å². The smallest absolute Gasteiger partial charge is 0.418 e. The molecule has 0 heterocycles. The van der Waals surface area contributed by atoms with E-state index in [0.717, 1.165) is 6.07 Å². The Morgan fingerprint density at radius 3 is 2.55 bits per heavy atom. The Kier molecular flexibility index (Phi) is 5.68. The summed E-state index contributed by atoms with van der Waals surface area (Å²) >= 11 is 5.80. The highest BCUT2D eigenvalue weighted by molar-refractivity contribution is 6.33. The highest BCUT2D eigenvalue weighted by Crippen LogP contribution is 2.38. The largest absolute Gasteiger partial charge is 0.464 e. The first-order chi connectivity index (χ1) is 9.31. The van der Waals surface area contributed by atoms with Crippen LogP contribution in [0.3, 0.4) is 0 Å². The minimum atomic E-state index is -4.56. The van der Waals surface area contributed by atoms with Crippen LogP contribution in [-0.2, 0) is 15.7 Å². The minimum absolute atomic E-state index is 0.0948. The number of halogens is 4. The lowest BCUT2D eigenvalue weighted by Crippen LogP contribution is -2.31. The van der Waals surface area contributed by atoms with E-state index in [2.05, 4.69) is 5.32 Å². The van der Waals surface area contributed by atoms with Crippen LogP contribution in [-0.4, -0.2) is 18.6 Å². The van der Waals surface area contributed by atoms with Crippen LogP contribution in [0.25, 0.3) is 0 Å². The average molecular weight is 310 g/mol. The number of nitrogens with one attached hydrogen (secondary N) is 1. The van der Waals surface area contributed by atoms with Gasteiger partial charge in [0.25, 0.3) is 0 Å². The fourth-order valence-corrected chi connectivity index (χ4v) is 1.88. The van der Waals surface area contributed by atoms with Gasteiger partial charge in [-0.15, -0.1) is 0 Å². The van der Waals surface area contributed by atoms with E-state index in [1.807, 2.05) is 0 Å². The zero-order valence-electron chi connectivity index (χ0n) is 11.1. The molecule has 0 amide bonds. The predicted molar refractivity (Wildman–Crippen MR) is 70.8 cm³/mol. The Hall–Kier alpha value is -1.43. The van der Waals surface area contributed by atoms with E-state index in [4.69, 9.17) is 16.3 Å². The summed E-state index contributed by atoms with van der Waals surface area (Å²) in [7, 11) is 0. The number of carbonyl (C=O) groups is 1. The van der Waals surface area contributed by atoms with E-state index in [-0.39, 0.29) is 23.7 Å². The van der Waals surface area contributed by atoms with Crippen molar-refractivity contribution in [2.45, 2.75) is 32.5 Å². The lowest BCUT2D eigenvalue weighted by molar-refractivity contribution is -0.144. The van der Waals surface area contributed by atoms with Crippen molar-refractivity contribution in [2.24, 2.45) is 0 Å². The van der Waals surface area contributed by atoms with Crippen LogP contribution < -0.4 is 5.32 Å². The van der Waals surface area contributed by atoms with Gasteiger partial charge in [-0.2, -0.15) is 13.2 Å². The van der Waals surface area contributed by atoms with Crippen molar-refractivity contribution in [1.29, 1.82) is 0 Å². The highest BCUT2D eigenvalue weighted by atomic mass is 35.5. The van der Waals surface area contributed by atoms with Gasteiger partial charge in [0.1, 0.15) is 6.04 Å². The molecule has 1 N–H and O–H groups in total. The van der Waals surface area contributed by atoms with E-state index >= 15 is 0 Å². The van der Waals surface area contributed by atoms with Gasteiger partial charge in [-0.3, -0.25) is 0 Å². The predicted octanol–water partition coefficient (Wildman–Crippen LogP) is 4.11. The molecular formula is C13H15ClF3NO2. The maximum absolute atomic E-state index is 12.9. The molecule has 0 radical (unpaired) electrons. The van der Waals surface area contributed by atoms with Crippen molar-refractivity contribution in [3.63, 3.8) is 0 Å². The van der Waals surface area contributed by atoms with Crippen molar-refractivity contribution in [1.82, 2.24) is 0 Å². The van der Waals surface area contributed by atoms with Gasteiger partial charge in [0.15, 0.2) is 0 Å². The van der Waals surface area contributed by atoms with Gasteiger partial charge in [0.05, 0.1) is 22.9 Å². The molecule has 0 fully saturated rings. The summed E-state index contributed by atoms with van der Waals surface area (Å²) in [5.74, 6) is -0.608. The van der Waals surface area contributed by atoms with Crippen LogP contribution in [0.15, 0.2) is 18.2 Å². The molecule has 0 bridgehead atoms. The molecule has 0 saturated heterocycles. The lowest BCUT2D eigenvalue weighted by Gasteiger charge is -2.21. The van der Waals surface area contributed by atoms with Crippen molar-refractivity contribution in [3.05, 3.63) is 28.8 Å². The first-order valence-electron chi connectivity index (χ1n) is 6.10. The number of ether oxygens (including phenoxy) is 1. The van der Waals surface area contributed by atoms with E-state index in [9.17, 15) is 18.0 Å². The number of benzene rings is 1. The summed E-state index contributed by atoms with van der Waals surface area (Å²) < 4.78 is 43.6. The number of esters is 1. The SMILES string of the molecule is CCOC(=O)C(CC)Nc1c(Cl)cccc1C(F)(F)F. The summed E-state index contributed by atoms with van der Waals surface area (Å²) in [4.78, 5) is 11.6. The average Bonchev–Trinajstić information content (AvgIpc) is 2.36. The van der Waals surface area contributed by atoms with Gasteiger partial charge in [-0.25, -0.2) is 4.79 Å². The van der Waals surface area contributed by atoms with Gasteiger partial charge in [0.2, 0.25) is 0 Å². The molecule has 112 valence electrons. The second-order valence-electron chi connectivity index (χ2n) is 4.02. The molecule has 1 unspecified atom stereocenters. The third-order valence-electron chi connectivity index (χ3n) is 2.62. The maximum Gasteiger partial charge on any atom is 0.418 e. The topological polar surface area (TPSA) is 38.3 Å². The third-order valence-corrected chi connectivity index (χ3v) is 2.93. The molecule has 0 aliphatic rings. The Bertz CT molecular complexity index is 477. The number of hydrogen-bond acceptors (Lipinski definition) is 3. The van der Waals surface area contributed by atoms with Crippen LogP contribution in [0.5, 0.6) is 0 Å². The van der Waals surface area contributed by atoms with Crippen molar-refractivity contribution in [2.75, 3.05) is 11.9 Å². The standard InChI is InChI=1S/C13H15ClF3NO2/c1-3-10(12(19)20-4-2)18-11-8(13(15,16)17)6-5-7-9(11)14/h5-7,10,18H,3-4H2,1-2H3. The molecule has 1 atom stereocenters. The molecule has 0 aromatic heterocycles. The number of para-hydroxylation sites is 1. The van der Waals surface area contributed by atoms with Crippen LogP contribution in [0.2, 0.25) is 5.02 Å².